The Hall–Kier alpha value is -1.37. The molecular weight excluding hydrogens is 264 g/mol. The zero-order valence-corrected chi connectivity index (χ0v) is 11.7. The number of nitrogens with zero attached hydrogens (tertiary/aromatic N) is 1. The van der Waals surface area contributed by atoms with Gasteiger partial charge in [0.2, 0.25) is 6.79 Å². The third-order valence-electron chi connectivity index (χ3n) is 3.14. The summed E-state index contributed by atoms with van der Waals surface area (Å²) in [5.74, 6) is 1.44. The van der Waals surface area contributed by atoms with Crippen LogP contribution in [0, 0.1) is 0 Å². The van der Waals surface area contributed by atoms with E-state index in [0.717, 1.165) is 17.9 Å². The lowest BCUT2D eigenvalue weighted by molar-refractivity contribution is 0.173. The van der Waals surface area contributed by atoms with E-state index in [9.17, 15) is 0 Å². The predicted octanol–water partition coefficient (Wildman–Crippen LogP) is 1.06. The van der Waals surface area contributed by atoms with Crippen LogP contribution >= 0.6 is 12.2 Å². The molecule has 0 saturated heterocycles. The van der Waals surface area contributed by atoms with Crippen LogP contribution in [0.2, 0.25) is 0 Å². The van der Waals surface area contributed by atoms with E-state index in [4.69, 9.17) is 32.5 Å². The molecule has 19 heavy (non-hydrogen) atoms. The maximum atomic E-state index is 9.13. The van der Waals surface area contributed by atoms with Gasteiger partial charge in [-0.2, -0.15) is 0 Å². The number of likely N-dealkylation sites (N-methyl/N-ethyl adjacent to an activating group) is 1. The van der Waals surface area contributed by atoms with Crippen LogP contribution in [-0.2, 0) is 0 Å². The van der Waals surface area contributed by atoms with E-state index in [1.165, 1.54) is 0 Å². The highest BCUT2D eigenvalue weighted by Crippen LogP contribution is 2.35. The molecule has 1 atom stereocenters. The molecule has 1 aromatic rings. The molecule has 5 nitrogen and oxygen atoms in total. The smallest absolute Gasteiger partial charge is 0.231 e. The molecule has 1 heterocycles. The molecular formula is C13H18N2O3S. The van der Waals surface area contributed by atoms with Gasteiger partial charge in [-0.15, -0.1) is 0 Å². The summed E-state index contributed by atoms with van der Waals surface area (Å²) in [4.78, 5) is 2.41. The minimum Gasteiger partial charge on any atom is -0.454 e. The molecule has 0 aliphatic carbocycles. The fourth-order valence-electron chi connectivity index (χ4n) is 2.24. The van der Waals surface area contributed by atoms with Gasteiger partial charge < -0.3 is 20.3 Å². The van der Waals surface area contributed by atoms with Gasteiger partial charge in [-0.05, 0) is 24.2 Å². The number of hydrogen-bond donors (Lipinski definition) is 2. The molecule has 0 saturated carbocycles. The van der Waals surface area contributed by atoms with Gasteiger partial charge in [0.1, 0.15) is 0 Å². The summed E-state index contributed by atoms with van der Waals surface area (Å²) in [5, 5.41) is 9.13. The Morgan fingerprint density at radius 1 is 1.47 bits per heavy atom. The number of benzene rings is 1. The molecule has 0 bridgehead atoms. The Kier molecular flexibility index (Phi) is 4.57. The van der Waals surface area contributed by atoms with Crippen molar-refractivity contribution in [1.29, 1.82) is 0 Å². The molecule has 2 rings (SSSR count). The van der Waals surface area contributed by atoms with E-state index in [2.05, 4.69) is 0 Å². The fraction of sp³-hybridized carbons (Fsp3) is 0.462. The van der Waals surface area contributed by atoms with Crippen LogP contribution in [0.25, 0.3) is 0 Å². The van der Waals surface area contributed by atoms with Gasteiger partial charge in [0.05, 0.1) is 17.6 Å². The Balaban J connectivity index is 2.30. The number of aliphatic hydroxyl groups is 1. The first-order chi connectivity index (χ1) is 9.17. The van der Waals surface area contributed by atoms with Crippen LogP contribution < -0.4 is 15.2 Å². The highest BCUT2D eigenvalue weighted by Gasteiger charge is 2.24. The summed E-state index contributed by atoms with van der Waals surface area (Å²) in [5.41, 5.74) is 6.81. The standard InChI is InChI=1S/C13H18N2O3S/c1-2-15(5-6-16)12(13(14)19)9-3-4-10-11(7-9)18-8-17-10/h3-4,7,12,16H,2,5-6,8H2,1H3,(H2,14,19). The van der Waals surface area contributed by atoms with Gasteiger partial charge in [0.25, 0.3) is 0 Å². The molecule has 0 amide bonds. The summed E-state index contributed by atoms with van der Waals surface area (Å²) < 4.78 is 10.7. The number of hydrogen-bond acceptors (Lipinski definition) is 5. The SMILES string of the molecule is CCN(CCO)C(C(N)=S)c1ccc2c(c1)OCO2. The Morgan fingerprint density at radius 3 is 2.84 bits per heavy atom. The first kappa shape index (κ1) is 14.0. The van der Waals surface area contributed by atoms with Gasteiger partial charge in [-0.3, -0.25) is 4.90 Å². The highest BCUT2D eigenvalue weighted by atomic mass is 32.1. The largest absolute Gasteiger partial charge is 0.454 e. The summed E-state index contributed by atoms with van der Waals surface area (Å²) in [7, 11) is 0. The molecule has 0 aromatic heterocycles. The molecule has 1 aromatic carbocycles. The van der Waals surface area contributed by atoms with Crippen LogP contribution in [-0.4, -0.2) is 41.5 Å². The summed E-state index contributed by atoms with van der Waals surface area (Å²) >= 11 is 5.17. The van der Waals surface area contributed by atoms with Crippen molar-refractivity contribution in [2.24, 2.45) is 5.73 Å². The molecule has 3 N–H and O–H groups in total. The monoisotopic (exact) mass is 282 g/mol. The van der Waals surface area contributed by atoms with Crippen LogP contribution in [0.15, 0.2) is 18.2 Å². The number of thiocarbonyl (C=S) groups is 1. The maximum Gasteiger partial charge on any atom is 0.231 e. The van der Waals surface area contributed by atoms with E-state index in [0.29, 0.717) is 17.3 Å². The number of fused-ring (bicyclic) bond motifs is 1. The second-order valence-electron chi connectivity index (χ2n) is 4.27. The molecule has 0 radical (unpaired) electrons. The van der Waals surface area contributed by atoms with Crippen LogP contribution in [0.3, 0.4) is 0 Å². The minimum absolute atomic E-state index is 0.0670. The Morgan fingerprint density at radius 2 is 2.21 bits per heavy atom. The minimum atomic E-state index is -0.207. The topological polar surface area (TPSA) is 68.0 Å². The van der Waals surface area contributed by atoms with E-state index < -0.39 is 0 Å². The molecule has 1 unspecified atom stereocenters. The van der Waals surface area contributed by atoms with Crippen molar-refractivity contribution in [2.45, 2.75) is 13.0 Å². The number of ether oxygens (including phenoxy) is 2. The van der Waals surface area contributed by atoms with E-state index in [-0.39, 0.29) is 19.4 Å². The molecule has 0 fully saturated rings. The van der Waals surface area contributed by atoms with Gasteiger partial charge in [-0.25, -0.2) is 0 Å². The first-order valence-electron chi connectivity index (χ1n) is 6.21. The summed E-state index contributed by atoms with van der Waals surface area (Å²) in [6.45, 7) is 3.58. The second-order valence-corrected chi connectivity index (χ2v) is 4.74. The number of aliphatic hydroxyl groups excluding tert-OH is 1. The molecule has 0 spiro atoms. The van der Waals surface area contributed by atoms with Gasteiger partial charge in [-0.1, -0.05) is 25.2 Å². The highest BCUT2D eigenvalue weighted by molar-refractivity contribution is 7.80. The van der Waals surface area contributed by atoms with Crippen LogP contribution in [0.4, 0.5) is 0 Å². The van der Waals surface area contributed by atoms with Gasteiger partial charge >= 0.3 is 0 Å². The lowest BCUT2D eigenvalue weighted by Gasteiger charge is -2.29. The van der Waals surface area contributed by atoms with Crippen LogP contribution in [0.1, 0.15) is 18.5 Å². The quantitative estimate of drug-likeness (QED) is 0.760. The number of rotatable bonds is 6. The van der Waals surface area contributed by atoms with Gasteiger partial charge in [0, 0.05) is 6.54 Å². The third kappa shape index (κ3) is 2.97. The van der Waals surface area contributed by atoms with E-state index in [1.807, 2.05) is 30.0 Å². The molecule has 1 aliphatic rings. The third-order valence-corrected chi connectivity index (χ3v) is 3.36. The maximum absolute atomic E-state index is 9.13. The average Bonchev–Trinajstić information content (AvgIpc) is 2.85. The second kappa shape index (κ2) is 6.18. The number of nitrogens with two attached hydrogens (primary N) is 1. The predicted molar refractivity (Wildman–Crippen MR) is 76.4 cm³/mol. The summed E-state index contributed by atoms with van der Waals surface area (Å²) in [6.07, 6.45) is 0. The Bertz CT molecular complexity index is 467. The van der Waals surface area contributed by atoms with Crippen molar-refractivity contribution >= 4 is 17.2 Å². The van der Waals surface area contributed by atoms with Crippen molar-refractivity contribution in [2.75, 3.05) is 26.5 Å². The average molecular weight is 282 g/mol. The fourth-order valence-corrected chi connectivity index (χ4v) is 2.52. The zero-order chi connectivity index (χ0) is 13.8. The van der Waals surface area contributed by atoms with Gasteiger partial charge in [0.15, 0.2) is 11.5 Å². The Labute approximate surface area is 117 Å². The molecule has 104 valence electrons. The van der Waals surface area contributed by atoms with Crippen LogP contribution in [0.5, 0.6) is 11.5 Å². The van der Waals surface area contributed by atoms with Crippen molar-refractivity contribution < 1.29 is 14.6 Å². The van der Waals surface area contributed by atoms with E-state index in [1.54, 1.807) is 0 Å². The normalized spacial score (nSPS) is 14.7. The lowest BCUT2D eigenvalue weighted by Crippen LogP contribution is -2.38. The first-order valence-corrected chi connectivity index (χ1v) is 6.62. The zero-order valence-electron chi connectivity index (χ0n) is 10.8. The lowest BCUT2D eigenvalue weighted by atomic mass is 10.0. The van der Waals surface area contributed by atoms with E-state index >= 15 is 0 Å². The van der Waals surface area contributed by atoms with Crippen molar-refractivity contribution in [3.8, 4) is 11.5 Å². The van der Waals surface area contributed by atoms with Crippen molar-refractivity contribution in [3.05, 3.63) is 23.8 Å². The van der Waals surface area contributed by atoms with Crippen molar-refractivity contribution in [1.82, 2.24) is 4.90 Å². The molecule has 1 aliphatic heterocycles. The van der Waals surface area contributed by atoms with Crippen molar-refractivity contribution in [3.63, 3.8) is 0 Å². The summed E-state index contributed by atoms with van der Waals surface area (Å²) in [6, 6.07) is 5.47. The molecule has 6 heteroatoms.